The number of rotatable bonds is 4. The van der Waals surface area contributed by atoms with Gasteiger partial charge in [0.2, 0.25) is 0 Å². The first-order valence-electron chi connectivity index (χ1n) is 5.83. The molecule has 0 radical (unpaired) electrons. The fraction of sp³-hybridized carbons (Fsp3) is 0.286. The van der Waals surface area contributed by atoms with Crippen molar-refractivity contribution in [1.82, 2.24) is 4.98 Å². The number of aliphatic hydroxyl groups excluding tert-OH is 1. The van der Waals surface area contributed by atoms with E-state index < -0.39 is 12.1 Å². The smallest absolute Gasteiger partial charge is 0.303 e. The highest BCUT2D eigenvalue weighted by molar-refractivity contribution is 5.79. The lowest BCUT2D eigenvalue weighted by Gasteiger charge is -2.10. The lowest BCUT2D eigenvalue weighted by molar-refractivity contribution is -0.137. The molecule has 0 amide bonds. The molecular formula is C14H15NO3. The molecule has 2 aromatic rings. The van der Waals surface area contributed by atoms with Crippen LogP contribution < -0.4 is 0 Å². The van der Waals surface area contributed by atoms with E-state index in [2.05, 4.69) is 4.98 Å². The summed E-state index contributed by atoms with van der Waals surface area (Å²) in [7, 11) is 0. The summed E-state index contributed by atoms with van der Waals surface area (Å²) in [4.78, 5) is 14.8. The summed E-state index contributed by atoms with van der Waals surface area (Å²) in [6.07, 6.45) is -0.558. The van der Waals surface area contributed by atoms with Crippen molar-refractivity contribution in [2.45, 2.75) is 25.9 Å². The average Bonchev–Trinajstić information content (AvgIpc) is 2.35. The molecule has 0 fully saturated rings. The summed E-state index contributed by atoms with van der Waals surface area (Å²) < 4.78 is 0. The minimum atomic E-state index is -0.896. The number of aromatic nitrogens is 1. The van der Waals surface area contributed by atoms with Crippen molar-refractivity contribution in [3.8, 4) is 0 Å². The van der Waals surface area contributed by atoms with Gasteiger partial charge in [-0.25, -0.2) is 0 Å². The van der Waals surface area contributed by atoms with Gasteiger partial charge in [-0.3, -0.25) is 9.78 Å². The normalized spacial score (nSPS) is 12.6. The van der Waals surface area contributed by atoms with Crippen LogP contribution in [0.15, 0.2) is 30.3 Å². The van der Waals surface area contributed by atoms with E-state index in [4.69, 9.17) is 5.11 Å². The Bertz CT molecular complexity index is 580. The van der Waals surface area contributed by atoms with Crippen LogP contribution in [0.4, 0.5) is 0 Å². The molecule has 2 rings (SSSR count). The lowest BCUT2D eigenvalue weighted by Crippen LogP contribution is -2.02. The Morgan fingerprint density at radius 1 is 1.33 bits per heavy atom. The van der Waals surface area contributed by atoms with E-state index in [0.717, 1.165) is 22.2 Å². The predicted molar refractivity (Wildman–Crippen MR) is 68.3 cm³/mol. The Morgan fingerprint density at radius 3 is 2.83 bits per heavy atom. The van der Waals surface area contributed by atoms with Crippen molar-refractivity contribution in [3.05, 3.63) is 41.6 Å². The van der Waals surface area contributed by atoms with Gasteiger partial charge in [-0.1, -0.05) is 12.1 Å². The van der Waals surface area contributed by atoms with Crippen LogP contribution in [0.2, 0.25) is 0 Å². The predicted octanol–water partition coefficient (Wildman–Crippen LogP) is 2.44. The standard InChI is InChI=1S/C14H15NO3/c1-9-2-3-10-8-11(4-5-12(10)15-9)13(16)6-7-14(17)18/h2-5,8,13,16H,6-7H2,1H3,(H,17,18). The third kappa shape index (κ3) is 2.84. The number of aliphatic carboxylic acids is 1. The van der Waals surface area contributed by atoms with Gasteiger partial charge in [0.05, 0.1) is 11.6 Å². The van der Waals surface area contributed by atoms with Crippen LogP contribution in [0, 0.1) is 6.92 Å². The van der Waals surface area contributed by atoms with Gasteiger partial charge < -0.3 is 10.2 Å². The van der Waals surface area contributed by atoms with E-state index in [9.17, 15) is 9.90 Å². The van der Waals surface area contributed by atoms with E-state index in [1.807, 2.05) is 31.2 Å². The third-order valence-electron chi connectivity index (χ3n) is 2.87. The molecule has 1 atom stereocenters. The minimum absolute atomic E-state index is 0.0364. The molecule has 1 aromatic heterocycles. The fourth-order valence-corrected chi connectivity index (χ4v) is 1.88. The second kappa shape index (κ2) is 5.14. The maximum atomic E-state index is 10.5. The molecule has 2 N–H and O–H groups in total. The quantitative estimate of drug-likeness (QED) is 0.868. The molecule has 4 nitrogen and oxygen atoms in total. The molecule has 0 bridgehead atoms. The molecule has 0 aliphatic heterocycles. The molecule has 18 heavy (non-hydrogen) atoms. The summed E-state index contributed by atoms with van der Waals surface area (Å²) in [6.45, 7) is 1.93. The number of nitrogens with zero attached hydrogens (tertiary/aromatic N) is 1. The monoisotopic (exact) mass is 245 g/mol. The minimum Gasteiger partial charge on any atom is -0.481 e. The SMILES string of the molecule is Cc1ccc2cc(C(O)CCC(=O)O)ccc2n1. The Kier molecular flexibility index (Phi) is 3.58. The lowest BCUT2D eigenvalue weighted by atomic mass is 10.0. The number of carboxylic acids is 1. The first-order chi connectivity index (χ1) is 8.56. The zero-order chi connectivity index (χ0) is 13.1. The Labute approximate surface area is 105 Å². The number of aryl methyl sites for hydroxylation is 1. The third-order valence-corrected chi connectivity index (χ3v) is 2.87. The zero-order valence-corrected chi connectivity index (χ0v) is 10.1. The molecular weight excluding hydrogens is 230 g/mol. The molecule has 0 aliphatic carbocycles. The summed E-state index contributed by atoms with van der Waals surface area (Å²) in [5, 5.41) is 19.4. The van der Waals surface area contributed by atoms with Crippen molar-refractivity contribution in [1.29, 1.82) is 0 Å². The van der Waals surface area contributed by atoms with Crippen LogP contribution in [-0.4, -0.2) is 21.2 Å². The summed E-state index contributed by atoms with van der Waals surface area (Å²) in [6, 6.07) is 9.36. The number of hydrogen-bond acceptors (Lipinski definition) is 3. The van der Waals surface area contributed by atoms with Crippen molar-refractivity contribution >= 4 is 16.9 Å². The van der Waals surface area contributed by atoms with Crippen LogP contribution >= 0.6 is 0 Å². The average molecular weight is 245 g/mol. The van der Waals surface area contributed by atoms with E-state index in [-0.39, 0.29) is 12.8 Å². The van der Waals surface area contributed by atoms with Gasteiger partial charge in [0, 0.05) is 17.5 Å². The van der Waals surface area contributed by atoms with Crippen molar-refractivity contribution in [2.24, 2.45) is 0 Å². The van der Waals surface area contributed by atoms with Crippen LogP contribution in [0.3, 0.4) is 0 Å². The second-order valence-electron chi connectivity index (χ2n) is 4.35. The van der Waals surface area contributed by atoms with E-state index in [0.29, 0.717) is 0 Å². The number of aliphatic hydroxyl groups is 1. The molecule has 94 valence electrons. The Balaban J connectivity index is 2.24. The van der Waals surface area contributed by atoms with Crippen LogP contribution in [0.5, 0.6) is 0 Å². The number of pyridine rings is 1. The van der Waals surface area contributed by atoms with Gasteiger partial charge in [0.25, 0.3) is 0 Å². The molecule has 1 aromatic carbocycles. The van der Waals surface area contributed by atoms with Gasteiger partial charge in [-0.15, -0.1) is 0 Å². The summed E-state index contributed by atoms with van der Waals surface area (Å²) in [5.41, 5.74) is 2.56. The first kappa shape index (κ1) is 12.5. The number of carbonyl (C=O) groups is 1. The van der Waals surface area contributed by atoms with Gasteiger partial charge in [0.1, 0.15) is 0 Å². The first-order valence-corrected chi connectivity index (χ1v) is 5.83. The van der Waals surface area contributed by atoms with Crippen molar-refractivity contribution in [2.75, 3.05) is 0 Å². The van der Waals surface area contributed by atoms with Crippen molar-refractivity contribution < 1.29 is 15.0 Å². The van der Waals surface area contributed by atoms with Gasteiger partial charge >= 0.3 is 5.97 Å². The second-order valence-corrected chi connectivity index (χ2v) is 4.35. The number of benzene rings is 1. The fourth-order valence-electron chi connectivity index (χ4n) is 1.88. The molecule has 0 saturated heterocycles. The molecule has 4 heteroatoms. The van der Waals surface area contributed by atoms with E-state index in [1.54, 1.807) is 6.07 Å². The van der Waals surface area contributed by atoms with Gasteiger partial charge in [-0.05, 0) is 37.1 Å². The summed E-state index contributed by atoms with van der Waals surface area (Å²) in [5.74, 6) is -0.896. The van der Waals surface area contributed by atoms with Gasteiger partial charge in [-0.2, -0.15) is 0 Å². The topological polar surface area (TPSA) is 70.4 Å². The van der Waals surface area contributed by atoms with Crippen LogP contribution in [-0.2, 0) is 4.79 Å². The Morgan fingerprint density at radius 2 is 2.11 bits per heavy atom. The highest BCUT2D eigenvalue weighted by Crippen LogP contribution is 2.22. The largest absolute Gasteiger partial charge is 0.481 e. The highest BCUT2D eigenvalue weighted by atomic mass is 16.4. The number of hydrogen-bond donors (Lipinski definition) is 2. The van der Waals surface area contributed by atoms with Gasteiger partial charge in [0.15, 0.2) is 0 Å². The van der Waals surface area contributed by atoms with E-state index in [1.165, 1.54) is 0 Å². The maximum absolute atomic E-state index is 10.5. The molecule has 1 heterocycles. The zero-order valence-electron chi connectivity index (χ0n) is 10.1. The maximum Gasteiger partial charge on any atom is 0.303 e. The molecule has 1 unspecified atom stereocenters. The number of carboxylic acid groups (broad SMARTS) is 1. The number of fused-ring (bicyclic) bond motifs is 1. The van der Waals surface area contributed by atoms with Crippen molar-refractivity contribution in [3.63, 3.8) is 0 Å². The Hall–Kier alpha value is -1.94. The van der Waals surface area contributed by atoms with Crippen LogP contribution in [0.1, 0.15) is 30.2 Å². The van der Waals surface area contributed by atoms with Crippen LogP contribution in [0.25, 0.3) is 10.9 Å². The van der Waals surface area contributed by atoms with E-state index >= 15 is 0 Å². The molecule has 0 spiro atoms. The molecule has 0 saturated carbocycles. The summed E-state index contributed by atoms with van der Waals surface area (Å²) >= 11 is 0. The highest BCUT2D eigenvalue weighted by Gasteiger charge is 2.10. The molecule has 0 aliphatic rings.